The Morgan fingerprint density at radius 2 is 0.543 bits per heavy atom. The molecule has 0 spiro atoms. The third-order valence-electron chi connectivity index (χ3n) is 19.9. The van der Waals surface area contributed by atoms with Crippen molar-refractivity contribution in [3.8, 4) is 0 Å². The average Bonchev–Trinajstić information content (AvgIpc) is 3.40. The number of aliphatic hydroxyl groups is 2. The normalized spacial score (nSPS) is 12.6. The second-order valence-corrected chi connectivity index (χ2v) is 29.2. The van der Waals surface area contributed by atoms with Gasteiger partial charge in [-0.1, -0.05) is 436 Å². The largest absolute Gasteiger partial charge is 0.466 e. The van der Waals surface area contributed by atoms with Crippen LogP contribution in [0.25, 0.3) is 0 Å². The Labute approximate surface area is 576 Å². The first-order valence-corrected chi connectivity index (χ1v) is 42.3. The van der Waals surface area contributed by atoms with Crippen molar-refractivity contribution in [2.75, 3.05) is 13.2 Å². The topological polar surface area (TPSA) is 95.9 Å². The number of esters is 1. The first-order valence-electron chi connectivity index (χ1n) is 42.3. The van der Waals surface area contributed by atoms with Crippen LogP contribution in [0.5, 0.6) is 0 Å². The number of nitrogens with one attached hydrogen (secondary N) is 1. The number of rotatable bonds is 80. The van der Waals surface area contributed by atoms with Crippen LogP contribution in [0.2, 0.25) is 0 Å². The number of carbonyl (C=O) groups is 2. The van der Waals surface area contributed by atoms with E-state index in [0.717, 1.165) is 44.9 Å². The Hall–Kier alpha value is -1.92. The fourth-order valence-corrected chi connectivity index (χ4v) is 13.5. The molecule has 0 rings (SSSR count). The standard InChI is InChI=1S/C86H165NO5/c1-3-5-7-9-11-13-15-17-19-21-23-43-46-50-54-58-62-66-70-74-78-84(89)83(82-88)87-85(90)79-75-71-67-63-59-55-51-47-44-41-39-37-35-33-31-29-27-25-24-26-28-30-32-34-36-38-40-42-45-49-53-57-61-65-69-73-77-81-92-86(91)80-76-72-68-64-60-56-52-48-22-20-18-16-14-12-10-8-6-4-2/h24,26,30,32,74,78,83-84,88-89H,3-23,25,27-29,31,33-73,75-77,79-82H2,1-2H3,(H,87,90)/b26-24-,32-30-,78-74+. The summed E-state index contributed by atoms with van der Waals surface area (Å²) in [5, 5.41) is 23.3. The van der Waals surface area contributed by atoms with E-state index in [0.29, 0.717) is 19.4 Å². The zero-order chi connectivity index (χ0) is 66.3. The minimum absolute atomic E-state index is 0.0239. The van der Waals surface area contributed by atoms with Crippen molar-refractivity contribution >= 4 is 11.9 Å². The highest BCUT2D eigenvalue weighted by Crippen LogP contribution is 2.20. The minimum Gasteiger partial charge on any atom is -0.466 e. The molecule has 2 atom stereocenters. The van der Waals surface area contributed by atoms with Crippen LogP contribution >= 0.6 is 0 Å². The number of carbonyl (C=O) groups excluding carboxylic acids is 2. The maximum atomic E-state index is 12.5. The van der Waals surface area contributed by atoms with Crippen LogP contribution < -0.4 is 5.32 Å². The molecule has 6 heteroatoms. The van der Waals surface area contributed by atoms with E-state index >= 15 is 0 Å². The molecule has 0 aliphatic carbocycles. The highest BCUT2D eigenvalue weighted by Gasteiger charge is 2.18. The van der Waals surface area contributed by atoms with Gasteiger partial charge < -0.3 is 20.3 Å². The van der Waals surface area contributed by atoms with Gasteiger partial charge in [-0.3, -0.25) is 9.59 Å². The molecule has 0 heterocycles. The first-order chi connectivity index (χ1) is 45.5. The van der Waals surface area contributed by atoms with E-state index in [4.69, 9.17) is 4.74 Å². The Bertz CT molecular complexity index is 1490. The average molecular weight is 1290 g/mol. The third-order valence-corrected chi connectivity index (χ3v) is 19.9. The molecule has 0 aromatic carbocycles. The quantitative estimate of drug-likeness (QED) is 0.0320. The van der Waals surface area contributed by atoms with Crippen molar-refractivity contribution < 1.29 is 24.5 Å². The number of allylic oxidation sites excluding steroid dienone is 5. The monoisotopic (exact) mass is 1290 g/mol. The Kier molecular flexibility index (Phi) is 79.8. The maximum Gasteiger partial charge on any atom is 0.305 e. The molecule has 0 aromatic rings. The van der Waals surface area contributed by atoms with Crippen molar-refractivity contribution in [2.45, 2.75) is 488 Å². The molecule has 0 saturated carbocycles. The molecule has 0 aliphatic heterocycles. The lowest BCUT2D eigenvalue weighted by Gasteiger charge is -2.20. The van der Waals surface area contributed by atoms with E-state index in [1.807, 2.05) is 6.08 Å². The van der Waals surface area contributed by atoms with Crippen LogP contribution in [-0.2, 0) is 14.3 Å². The molecule has 0 radical (unpaired) electrons. The lowest BCUT2D eigenvalue weighted by Crippen LogP contribution is -2.45. The predicted molar refractivity (Wildman–Crippen MR) is 407 cm³/mol. The number of ether oxygens (including phenoxy) is 1. The first kappa shape index (κ1) is 90.1. The molecule has 1 amide bonds. The third kappa shape index (κ3) is 77.1. The molecule has 544 valence electrons. The summed E-state index contributed by atoms with van der Waals surface area (Å²) >= 11 is 0. The van der Waals surface area contributed by atoms with Crippen LogP contribution in [0.15, 0.2) is 36.5 Å². The number of amides is 1. The number of unbranched alkanes of at least 4 members (excludes halogenated alkanes) is 65. The van der Waals surface area contributed by atoms with Gasteiger partial charge in [-0.15, -0.1) is 0 Å². The van der Waals surface area contributed by atoms with Gasteiger partial charge in [0, 0.05) is 12.8 Å². The lowest BCUT2D eigenvalue weighted by molar-refractivity contribution is -0.143. The fraction of sp³-hybridized carbons (Fsp3) is 0.907. The van der Waals surface area contributed by atoms with Crippen LogP contribution in [0.3, 0.4) is 0 Å². The number of aliphatic hydroxyl groups excluding tert-OH is 2. The van der Waals surface area contributed by atoms with E-state index < -0.39 is 12.1 Å². The SMILES string of the molecule is CCCCCCCCCCCCCCCCCCCC/C=C/C(O)C(CO)NC(=O)CCCCCCCCCCCCCCCCCCC/C=C\C/C=C\CCCCCCCCCCCCCCCOC(=O)CCCCCCCCCCCCCCCCCCCC. The summed E-state index contributed by atoms with van der Waals surface area (Å²) in [6.07, 6.45) is 107. The maximum absolute atomic E-state index is 12.5. The summed E-state index contributed by atoms with van der Waals surface area (Å²) in [7, 11) is 0. The van der Waals surface area contributed by atoms with Gasteiger partial charge in [0.15, 0.2) is 0 Å². The van der Waals surface area contributed by atoms with Gasteiger partial charge in [0.25, 0.3) is 0 Å². The Morgan fingerprint density at radius 3 is 0.826 bits per heavy atom. The van der Waals surface area contributed by atoms with Gasteiger partial charge in [0.1, 0.15) is 0 Å². The molecule has 0 fully saturated rings. The zero-order valence-corrected chi connectivity index (χ0v) is 62.6. The molecular formula is C86H165NO5. The Balaban J connectivity index is 3.37. The predicted octanol–water partition coefficient (Wildman–Crippen LogP) is 28.2. The van der Waals surface area contributed by atoms with Gasteiger partial charge in [0.05, 0.1) is 25.4 Å². The summed E-state index contributed by atoms with van der Waals surface area (Å²) in [6.45, 7) is 4.96. The molecule has 92 heavy (non-hydrogen) atoms. The van der Waals surface area contributed by atoms with E-state index in [-0.39, 0.29) is 18.5 Å². The molecule has 0 saturated heterocycles. The van der Waals surface area contributed by atoms with Crippen molar-refractivity contribution in [3.05, 3.63) is 36.5 Å². The smallest absolute Gasteiger partial charge is 0.305 e. The molecule has 6 nitrogen and oxygen atoms in total. The van der Waals surface area contributed by atoms with Crippen LogP contribution in [0.4, 0.5) is 0 Å². The molecule has 0 aromatic heterocycles. The minimum atomic E-state index is -0.844. The van der Waals surface area contributed by atoms with E-state index in [9.17, 15) is 19.8 Å². The van der Waals surface area contributed by atoms with Crippen molar-refractivity contribution in [3.63, 3.8) is 0 Å². The highest BCUT2D eigenvalue weighted by atomic mass is 16.5. The molecule has 0 bridgehead atoms. The summed E-state index contributed by atoms with van der Waals surface area (Å²) in [5.41, 5.74) is 0. The fourth-order valence-electron chi connectivity index (χ4n) is 13.5. The van der Waals surface area contributed by atoms with Crippen molar-refractivity contribution in [2.24, 2.45) is 0 Å². The summed E-state index contributed by atoms with van der Waals surface area (Å²) in [5.74, 6) is -0.0368. The van der Waals surface area contributed by atoms with Gasteiger partial charge in [-0.25, -0.2) is 0 Å². The molecular weight excluding hydrogens is 1130 g/mol. The van der Waals surface area contributed by atoms with Crippen LogP contribution in [-0.4, -0.2) is 47.4 Å². The second-order valence-electron chi connectivity index (χ2n) is 29.2. The van der Waals surface area contributed by atoms with E-state index in [1.165, 1.54) is 405 Å². The molecule has 0 aliphatic rings. The van der Waals surface area contributed by atoms with Gasteiger partial charge >= 0.3 is 5.97 Å². The number of hydrogen-bond donors (Lipinski definition) is 3. The van der Waals surface area contributed by atoms with E-state index in [2.05, 4.69) is 43.5 Å². The van der Waals surface area contributed by atoms with Crippen LogP contribution in [0.1, 0.15) is 476 Å². The van der Waals surface area contributed by atoms with Crippen molar-refractivity contribution in [1.29, 1.82) is 0 Å². The molecule has 3 N–H and O–H groups in total. The van der Waals surface area contributed by atoms with Crippen molar-refractivity contribution in [1.82, 2.24) is 5.32 Å². The van der Waals surface area contributed by atoms with Crippen LogP contribution in [0, 0.1) is 0 Å². The Morgan fingerprint density at radius 1 is 0.304 bits per heavy atom. The highest BCUT2D eigenvalue weighted by molar-refractivity contribution is 5.76. The number of hydrogen-bond acceptors (Lipinski definition) is 5. The van der Waals surface area contributed by atoms with Gasteiger partial charge in [-0.05, 0) is 64.2 Å². The van der Waals surface area contributed by atoms with Gasteiger partial charge in [0.2, 0.25) is 5.91 Å². The summed E-state index contributed by atoms with van der Waals surface area (Å²) in [4.78, 5) is 24.7. The molecule has 2 unspecified atom stereocenters. The second kappa shape index (κ2) is 81.5. The zero-order valence-electron chi connectivity index (χ0n) is 62.6. The van der Waals surface area contributed by atoms with Gasteiger partial charge in [-0.2, -0.15) is 0 Å². The summed E-state index contributed by atoms with van der Waals surface area (Å²) in [6, 6.07) is -0.627. The summed E-state index contributed by atoms with van der Waals surface area (Å²) < 4.78 is 5.52. The lowest BCUT2D eigenvalue weighted by atomic mass is 10.0. The van der Waals surface area contributed by atoms with E-state index in [1.54, 1.807) is 6.08 Å².